The van der Waals surface area contributed by atoms with Crippen LogP contribution in [0, 0.1) is 23.3 Å². The van der Waals surface area contributed by atoms with E-state index in [0.717, 1.165) is 30.3 Å². The van der Waals surface area contributed by atoms with Gasteiger partial charge in [0.15, 0.2) is 11.6 Å². The van der Waals surface area contributed by atoms with Crippen LogP contribution in [0.15, 0.2) is 46.1 Å². The topological polar surface area (TPSA) is 60.5 Å². The predicted octanol–water partition coefficient (Wildman–Crippen LogP) is 4.16. The fraction of sp³-hybridized carbons (Fsp3) is 0.118. The van der Waals surface area contributed by atoms with Gasteiger partial charge in [0, 0.05) is 17.5 Å². The van der Waals surface area contributed by atoms with E-state index in [-0.39, 0.29) is 35.0 Å². The second kappa shape index (κ2) is 6.25. The van der Waals surface area contributed by atoms with Crippen molar-refractivity contribution in [2.45, 2.75) is 12.5 Å². The molecule has 2 heterocycles. The van der Waals surface area contributed by atoms with Crippen LogP contribution in [-0.4, -0.2) is 15.9 Å². The molecule has 26 heavy (non-hydrogen) atoms. The normalized spacial score (nSPS) is 16.5. The third-order valence-electron chi connectivity index (χ3n) is 3.80. The predicted molar refractivity (Wildman–Crippen MR) is 81.0 cm³/mol. The number of aromatic nitrogens is 2. The van der Waals surface area contributed by atoms with Gasteiger partial charge in [-0.1, -0.05) is 10.3 Å². The van der Waals surface area contributed by atoms with Gasteiger partial charge in [-0.05, 0) is 36.4 Å². The minimum atomic E-state index is -1.04. The summed E-state index contributed by atoms with van der Waals surface area (Å²) in [5.74, 6) is -3.22. The van der Waals surface area contributed by atoms with Crippen molar-refractivity contribution < 1.29 is 26.9 Å². The van der Waals surface area contributed by atoms with Crippen LogP contribution in [0.2, 0.25) is 0 Å². The monoisotopic (exact) mass is 363 g/mol. The summed E-state index contributed by atoms with van der Waals surface area (Å²) < 4.78 is 58.5. The molecule has 1 atom stereocenters. The molecule has 0 spiro atoms. The summed E-state index contributed by atoms with van der Waals surface area (Å²) in [4.78, 5) is 9.23. The van der Waals surface area contributed by atoms with Gasteiger partial charge in [0.25, 0.3) is 5.89 Å². The number of oxime groups is 1. The summed E-state index contributed by atoms with van der Waals surface area (Å²) >= 11 is 0. The molecule has 0 bridgehead atoms. The van der Waals surface area contributed by atoms with Crippen LogP contribution in [-0.2, 0) is 4.84 Å². The molecule has 1 aromatic heterocycles. The van der Waals surface area contributed by atoms with Crippen LogP contribution in [0.1, 0.15) is 24.0 Å². The highest BCUT2D eigenvalue weighted by molar-refractivity contribution is 6.01. The van der Waals surface area contributed by atoms with Crippen molar-refractivity contribution in [2.75, 3.05) is 0 Å². The zero-order chi connectivity index (χ0) is 18.3. The van der Waals surface area contributed by atoms with Gasteiger partial charge in [-0.25, -0.2) is 17.6 Å². The van der Waals surface area contributed by atoms with Gasteiger partial charge in [-0.15, -0.1) is 0 Å². The fourth-order valence-electron chi connectivity index (χ4n) is 2.51. The molecule has 1 aliphatic rings. The molecular formula is C17H9F4N3O2. The molecule has 3 aromatic rings. The van der Waals surface area contributed by atoms with Crippen LogP contribution < -0.4 is 0 Å². The third-order valence-corrected chi connectivity index (χ3v) is 3.80. The molecule has 0 aliphatic carbocycles. The molecule has 1 aliphatic heterocycles. The molecule has 0 amide bonds. The Balaban J connectivity index is 1.55. The first-order valence-electron chi connectivity index (χ1n) is 7.48. The van der Waals surface area contributed by atoms with Crippen LogP contribution in [0.4, 0.5) is 17.6 Å². The van der Waals surface area contributed by atoms with Crippen molar-refractivity contribution >= 4 is 5.71 Å². The van der Waals surface area contributed by atoms with Gasteiger partial charge in [-0.2, -0.15) is 4.98 Å². The number of hydrogen-bond donors (Lipinski definition) is 0. The van der Waals surface area contributed by atoms with E-state index < -0.39 is 29.4 Å². The molecule has 0 unspecified atom stereocenters. The maximum absolute atomic E-state index is 13.8. The van der Waals surface area contributed by atoms with Crippen molar-refractivity contribution in [1.82, 2.24) is 10.1 Å². The lowest BCUT2D eigenvalue weighted by Gasteiger charge is -2.02. The van der Waals surface area contributed by atoms with Crippen LogP contribution >= 0.6 is 0 Å². The second-order valence-electron chi connectivity index (χ2n) is 5.55. The van der Waals surface area contributed by atoms with E-state index in [1.807, 2.05) is 0 Å². The van der Waals surface area contributed by atoms with Crippen LogP contribution in [0.25, 0.3) is 11.4 Å². The summed E-state index contributed by atoms with van der Waals surface area (Å²) in [6.45, 7) is 0. The first-order chi connectivity index (χ1) is 12.5. The van der Waals surface area contributed by atoms with Gasteiger partial charge < -0.3 is 9.36 Å². The highest BCUT2D eigenvalue weighted by Crippen LogP contribution is 2.31. The molecule has 0 saturated heterocycles. The Morgan fingerprint density at radius 1 is 0.923 bits per heavy atom. The number of hydrogen-bond acceptors (Lipinski definition) is 5. The van der Waals surface area contributed by atoms with Gasteiger partial charge in [0.1, 0.15) is 11.6 Å². The Kier molecular flexibility index (Phi) is 3.90. The second-order valence-corrected chi connectivity index (χ2v) is 5.55. The van der Waals surface area contributed by atoms with Crippen molar-refractivity contribution in [3.63, 3.8) is 0 Å². The van der Waals surface area contributed by atoms with Gasteiger partial charge in [0.2, 0.25) is 11.9 Å². The largest absolute Gasteiger partial charge is 0.382 e. The lowest BCUT2D eigenvalue weighted by atomic mass is 10.0. The van der Waals surface area contributed by atoms with E-state index in [0.29, 0.717) is 0 Å². The molecule has 9 heteroatoms. The first-order valence-corrected chi connectivity index (χ1v) is 7.48. The maximum Gasteiger partial charge on any atom is 0.271 e. The molecule has 5 nitrogen and oxygen atoms in total. The highest BCUT2D eigenvalue weighted by atomic mass is 19.2. The van der Waals surface area contributed by atoms with E-state index in [4.69, 9.17) is 9.36 Å². The smallest absolute Gasteiger partial charge is 0.271 e. The van der Waals surface area contributed by atoms with Crippen LogP contribution in [0.3, 0.4) is 0 Å². The lowest BCUT2D eigenvalue weighted by molar-refractivity contribution is 0.0599. The van der Waals surface area contributed by atoms with E-state index in [2.05, 4.69) is 15.3 Å². The first kappa shape index (κ1) is 16.2. The van der Waals surface area contributed by atoms with E-state index in [9.17, 15) is 17.6 Å². The van der Waals surface area contributed by atoms with Crippen LogP contribution in [0.5, 0.6) is 0 Å². The Morgan fingerprint density at radius 2 is 1.73 bits per heavy atom. The van der Waals surface area contributed by atoms with Gasteiger partial charge in [-0.3, -0.25) is 0 Å². The Hall–Kier alpha value is -3.23. The Morgan fingerprint density at radius 3 is 2.54 bits per heavy atom. The summed E-state index contributed by atoms with van der Waals surface area (Å²) in [5.41, 5.74) is 0.390. The van der Waals surface area contributed by atoms with E-state index >= 15 is 0 Å². The highest BCUT2D eigenvalue weighted by Gasteiger charge is 2.30. The summed E-state index contributed by atoms with van der Waals surface area (Å²) in [6, 6.07) is 6.18. The SMILES string of the molecule is Fc1ccc(F)c(C2=NO[C@@H](c3nc(-c4ccc(F)c(F)c4)no3)C2)c1. The number of rotatable bonds is 3. The van der Waals surface area contributed by atoms with Gasteiger partial charge in [0.05, 0.1) is 5.71 Å². The quantitative estimate of drug-likeness (QED) is 0.656. The average molecular weight is 363 g/mol. The lowest BCUT2D eigenvalue weighted by Crippen LogP contribution is -2.04. The molecule has 2 aromatic carbocycles. The molecule has 0 saturated carbocycles. The van der Waals surface area contributed by atoms with Gasteiger partial charge >= 0.3 is 0 Å². The maximum atomic E-state index is 13.8. The van der Waals surface area contributed by atoms with Crippen molar-refractivity contribution in [3.05, 3.63) is 71.1 Å². The molecule has 0 N–H and O–H groups in total. The standard InChI is InChI=1S/C17H9F4N3O2/c18-9-2-4-11(19)10(6-9)14-7-15(25-23-14)17-22-16(24-26-17)8-1-3-12(20)13(21)5-8/h1-6,15H,7H2/t15-/m1/s1. The third kappa shape index (κ3) is 2.92. The molecule has 0 radical (unpaired) electrons. The molecule has 132 valence electrons. The molecule has 4 rings (SSSR count). The van der Waals surface area contributed by atoms with Crippen molar-refractivity contribution in [1.29, 1.82) is 0 Å². The zero-order valence-corrected chi connectivity index (χ0v) is 12.9. The Labute approximate surface area is 143 Å². The number of halogens is 4. The zero-order valence-electron chi connectivity index (χ0n) is 12.9. The minimum Gasteiger partial charge on any atom is -0.382 e. The summed E-state index contributed by atoms with van der Waals surface area (Å²) in [5, 5.41) is 7.44. The number of nitrogens with zero attached hydrogens (tertiary/aromatic N) is 3. The molecule has 0 fully saturated rings. The summed E-state index contributed by atoms with van der Waals surface area (Å²) in [6.07, 6.45) is -0.709. The fourth-order valence-corrected chi connectivity index (χ4v) is 2.51. The number of benzene rings is 2. The summed E-state index contributed by atoms with van der Waals surface area (Å²) in [7, 11) is 0. The minimum absolute atomic E-state index is 0.0205. The average Bonchev–Trinajstić information content (AvgIpc) is 3.28. The van der Waals surface area contributed by atoms with Crippen molar-refractivity contribution in [2.24, 2.45) is 5.16 Å². The van der Waals surface area contributed by atoms with Crippen molar-refractivity contribution in [3.8, 4) is 11.4 Å². The van der Waals surface area contributed by atoms with E-state index in [1.54, 1.807) is 0 Å². The van der Waals surface area contributed by atoms with E-state index in [1.165, 1.54) is 6.07 Å². The Bertz CT molecular complexity index is 1020. The molecular weight excluding hydrogens is 354 g/mol.